The maximum atomic E-state index is 3.98. The van der Waals surface area contributed by atoms with Gasteiger partial charge in [0.1, 0.15) is 0 Å². The van der Waals surface area contributed by atoms with E-state index >= 15 is 0 Å². The Hall–Kier alpha value is -0.600. The zero-order chi connectivity index (χ0) is 10.6. The van der Waals surface area contributed by atoms with E-state index in [-0.39, 0.29) is 0 Å². The fourth-order valence-corrected chi connectivity index (χ4v) is 2.52. The van der Waals surface area contributed by atoms with Crippen LogP contribution in [0.4, 0.5) is 0 Å². The molecular weight excluding hydrogens is 190 g/mol. The summed E-state index contributed by atoms with van der Waals surface area (Å²) in [4.78, 5) is 0. The molecule has 0 aliphatic rings. The Labute approximate surface area is 90.9 Å². The molecule has 1 aromatic heterocycles. The highest BCUT2D eigenvalue weighted by Crippen LogP contribution is 2.26. The van der Waals surface area contributed by atoms with Crippen LogP contribution in [-0.4, -0.2) is 6.54 Å². The number of thiophene rings is 1. The first-order chi connectivity index (χ1) is 6.65. The normalized spacial score (nSPS) is 12.8. The Bertz CT molecular complexity index is 301. The van der Waals surface area contributed by atoms with Crippen LogP contribution in [0.2, 0.25) is 0 Å². The lowest BCUT2D eigenvalue weighted by atomic mass is 10.0. The quantitative estimate of drug-likeness (QED) is 0.730. The van der Waals surface area contributed by atoms with Crippen molar-refractivity contribution in [2.75, 3.05) is 6.54 Å². The topological polar surface area (TPSA) is 12.0 Å². The smallest absolute Gasteiger partial charge is 0.0368 e. The van der Waals surface area contributed by atoms with Crippen LogP contribution in [0.1, 0.15) is 37.4 Å². The van der Waals surface area contributed by atoms with E-state index in [4.69, 9.17) is 0 Å². The van der Waals surface area contributed by atoms with Crippen molar-refractivity contribution in [2.45, 2.75) is 33.2 Å². The Morgan fingerprint density at radius 1 is 1.57 bits per heavy atom. The molecule has 0 saturated carbocycles. The van der Waals surface area contributed by atoms with Gasteiger partial charge in [-0.15, -0.1) is 6.58 Å². The lowest BCUT2D eigenvalue weighted by Crippen LogP contribution is -2.21. The first kappa shape index (κ1) is 11.5. The van der Waals surface area contributed by atoms with Crippen LogP contribution in [0.25, 0.3) is 0 Å². The Kier molecular flexibility index (Phi) is 4.36. The molecule has 1 rings (SSSR count). The van der Waals surface area contributed by atoms with E-state index in [1.807, 2.05) is 0 Å². The van der Waals surface area contributed by atoms with Gasteiger partial charge in [-0.1, -0.05) is 12.5 Å². The summed E-state index contributed by atoms with van der Waals surface area (Å²) in [5, 5.41) is 7.95. The van der Waals surface area contributed by atoms with Crippen LogP contribution in [0.15, 0.2) is 22.9 Å². The summed E-state index contributed by atoms with van der Waals surface area (Å²) < 4.78 is 0. The maximum Gasteiger partial charge on any atom is 0.0368 e. The number of rotatable bonds is 5. The molecule has 1 aromatic rings. The van der Waals surface area contributed by atoms with Gasteiger partial charge in [0.2, 0.25) is 0 Å². The van der Waals surface area contributed by atoms with Gasteiger partial charge >= 0.3 is 0 Å². The molecule has 0 bridgehead atoms. The Morgan fingerprint density at radius 2 is 2.29 bits per heavy atom. The van der Waals surface area contributed by atoms with E-state index < -0.39 is 0 Å². The molecule has 0 aromatic carbocycles. The second-order valence-corrected chi connectivity index (χ2v) is 4.53. The van der Waals surface area contributed by atoms with E-state index in [1.54, 1.807) is 11.3 Å². The summed E-state index contributed by atoms with van der Waals surface area (Å²) in [6.45, 7) is 11.4. The van der Waals surface area contributed by atoms with Crippen molar-refractivity contribution in [1.29, 1.82) is 0 Å². The van der Waals surface area contributed by atoms with Crippen molar-refractivity contribution in [3.05, 3.63) is 34.0 Å². The van der Waals surface area contributed by atoms with Crippen LogP contribution in [0.5, 0.6) is 0 Å². The summed E-state index contributed by atoms with van der Waals surface area (Å²) >= 11 is 1.78. The predicted octanol–water partition coefficient (Wildman–Crippen LogP) is 3.67. The molecule has 78 valence electrons. The molecule has 0 radical (unpaired) electrons. The van der Waals surface area contributed by atoms with Crippen molar-refractivity contribution in [3.8, 4) is 0 Å². The molecule has 0 fully saturated rings. The van der Waals surface area contributed by atoms with Crippen LogP contribution < -0.4 is 5.32 Å². The van der Waals surface area contributed by atoms with Gasteiger partial charge in [-0.3, -0.25) is 0 Å². The van der Waals surface area contributed by atoms with Gasteiger partial charge in [0.15, 0.2) is 0 Å². The molecule has 0 saturated heterocycles. The third-order valence-corrected chi connectivity index (χ3v) is 3.15. The van der Waals surface area contributed by atoms with E-state index in [0.717, 1.165) is 13.0 Å². The van der Waals surface area contributed by atoms with Crippen molar-refractivity contribution < 1.29 is 0 Å². The summed E-state index contributed by atoms with van der Waals surface area (Å²) in [6, 6.07) is 0.448. The molecule has 0 aliphatic carbocycles. The van der Waals surface area contributed by atoms with Gasteiger partial charge in [-0.05, 0) is 48.7 Å². The van der Waals surface area contributed by atoms with E-state index in [9.17, 15) is 0 Å². The number of aryl methyl sites for hydroxylation is 1. The van der Waals surface area contributed by atoms with Crippen molar-refractivity contribution in [2.24, 2.45) is 0 Å². The maximum absolute atomic E-state index is 3.98. The molecule has 0 spiro atoms. The van der Waals surface area contributed by atoms with Gasteiger partial charge in [0.25, 0.3) is 0 Å². The number of hydrogen-bond acceptors (Lipinski definition) is 2. The molecular formula is C12H19NS. The van der Waals surface area contributed by atoms with Crippen LogP contribution in [-0.2, 0) is 0 Å². The standard InChI is InChI=1S/C12H19NS/c1-5-13-12(6-9(2)3)11-8-14-7-10(11)4/h7-8,12-13H,2,5-6H2,1,3-4H3. The lowest BCUT2D eigenvalue weighted by molar-refractivity contribution is 0.547. The minimum absolute atomic E-state index is 0.448. The molecule has 0 aliphatic heterocycles. The number of hydrogen-bond donors (Lipinski definition) is 1. The predicted molar refractivity (Wildman–Crippen MR) is 64.9 cm³/mol. The fraction of sp³-hybridized carbons (Fsp3) is 0.500. The second-order valence-electron chi connectivity index (χ2n) is 3.78. The largest absolute Gasteiger partial charge is 0.310 e. The fourth-order valence-electron chi connectivity index (χ4n) is 1.61. The molecule has 1 heterocycles. The van der Waals surface area contributed by atoms with E-state index in [1.165, 1.54) is 16.7 Å². The Balaban J connectivity index is 2.77. The van der Waals surface area contributed by atoms with Crippen LogP contribution in [0.3, 0.4) is 0 Å². The third-order valence-electron chi connectivity index (χ3n) is 2.27. The van der Waals surface area contributed by atoms with E-state index in [2.05, 4.69) is 43.4 Å². The van der Waals surface area contributed by atoms with Gasteiger partial charge in [0.05, 0.1) is 0 Å². The minimum Gasteiger partial charge on any atom is -0.310 e. The monoisotopic (exact) mass is 209 g/mol. The molecule has 1 unspecified atom stereocenters. The zero-order valence-electron chi connectivity index (χ0n) is 9.26. The summed E-state index contributed by atoms with van der Waals surface area (Å²) in [5.41, 5.74) is 4.06. The van der Waals surface area contributed by atoms with Crippen molar-refractivity contribution in [3.63, 3.8) is 0 Å². The average Bonchev–Trinajstić information content (AvgIpc) is 2.50. The highest BCUT2D eigenvalue weighted by molar-refractivity contribution is 7.08. The van der Waals surface area contributed by atoms with Gasteiger partial charge in [-0.2, -0.15) is 11.3 Å². The molecule has 1 atom stereocenters. The average molecular weight is 209 g/mol. The highest BCUT2D eigenvalue weighted by atomic mass is 32.1. The first-order valence-corrected chi connectivity index (χ1v) is 5.99. The van der Waals surface area contributed by atoms with Gasteiger partial charge in [0, 0.05) is 6.04 Å². The van der Waals surface area contributed by atoms with E-state index in [0.29, 0.717) is 6.04 Å². The summed E-state index contributed by atoms with van der Waals surface area (Å²) in [5.74, 6) is 0. The molecule has 2 heteroatoms. The SMILES string of the molecule is C=C(C)CC(NCC)c1cscc1C. The highest BCUT2D eigenvalue weighted by Gasteiger charge is 2.12. The third kappa shape index (κ3) is 2.96. The molecule has 14 heavy (non-hydrogen) atoms. The van der Waals surface area contributed by atoms with Gasteiger partial charge in [-0.25, -0.2) is 0 Å². The zero-order valence-corrected chi connectivity index (χ0v) is 10.1. The molecule has 0 amide bonds. The number of nitrogens with one attached hydrogen (secondary N) is 1. The van der Waals surface area contributed by atoms with Crippen LogP contribution >= 0.6 is 11.3 Å². The van der Waals surface area contributed by atoms with Gasteiger partial charge < -0.3 is 5.32 Å². The Morgan fingerprint density at radius 3 is 2.71 bits per heavy atom. The first-order valence-electron chi connectivity index (χ1n) is 5.05. The lowest BCUT2D eigenvalue weighted by Gasteiger charge is -2.18. The molecule has 1 N–H and O–H groups in total. The van der Waals surface area contributed by atoms with Crippen molar-refractivity contribution >= 4 is 11.3 Å². The summed E-state index contributed by atoms with van der Waals surface area (Å²) in [7, 11) is 0. The minimum atomic E-state index is 0.448. The summed E-state index contributed by atoms with van der Waals surface area (Å²) in [6.07, 6.45) is 1.03. The second kappa shape index (κ2) is 5.32. The van der Waals surface area contributed by atoms with Crippen molar-refractivity contribution in [1.82, 2.24) is 5.32 Å². The van der Waals surface area contributed by atoms with Crippen LogP contribution in [0, 0.1) is 6.92 Å². The molecule has 1 nitrogen and oxygen atoms in total.